The van der Waals surface area contributed by atoms with E-state index in [-0.39, 0.29) is 10.7 Å². The summed E-state index contributed by atoms with van der Waals surface area (Å²) in [5, 5.41) is 10.5. The number of piperidine rings is 1. The van der Waals surface area contributed by atoms with E-state index in [0.717, 1.165) is 51.0 Å². The molecule has 0 radical (unpaired) electrons. The Labute approximate surface area is 112 Å². The molecule has 1 saturated heterocycles. The van der Waals surface area contributed by atoms with Gasteiger partial charge < -0.3 is 10.0 Å². The number of alkyl halides is 1. The van der Waals surface area contributed by atoms with Crippen molar-refractivity contribution in [1.82, 2.24) is 4.90 Å². The number of nitrogens with zero attached hydrogens (tertiary/aromatic N) is 1. The van der Waals surface area contributed by atoms with Crippen molar-refractivity contribution in [3.05, 3.63) is 0 Å². The predicted molar refractivity (Wildman–Crippen MR) is 71.1 cm³/mol. The van der Waals surface area contributed by atoms with E-state index >= 15 is 0 Å². The Morgan fingerprint density at radius 1 is 1.41 bits per heavy atom. The van der Waals surface area contributed by atoms with E-state index in [1.165, 1.54) is 0 Å². The van der Waals surface area contributed by atoms with Crippen LogP contribution in [0.25, 0.3) is 0 Å². The van der Waals surface area contributed by atoms with Gasteiger partial charge in [0, 0.05) is 13.1 Å². The standard InChI is InChI=1S/C13H22BrNO2/c1-10-4-6-13(17,7-5-10)9-15-8-2-3-11(14)12(15)16/h10-11,17H,2-9H2,1H3. The summed E-state index contributed by atoms with van der Waals surface area (Å²) in [6, 6.07) is 0. The first-order valence-electron chi connectivity index (χ1n) is 6.65. The van der Waals surface area contributed by atoms with E-state index < -0.39 is 5.60 Å². The highest BCUT2D eigenvalue weighted by Crippen LogP contribution is 2.33. The van der Waals surface area contributed by atoms with Gasteiger partial charge in [-0.1, -0.05) is 22.9 Å². The van der Waals surface area contributed by atoms with Crippen LogP contribution in [-0.2, 0) is 4.79 Å². The summed E-state index contributed by atoms with van der Waals surface area (Å²) in [6.45, 7) is 3.57. The fourth-order valence-corrected chi connectivity index (χ4v) is 3.48. The number of halogens is 1. The van der Waals surface area contributed by atoms with Crippen molar-refractivity contribution in [2.45, 2.75) is 55.9 Å². The Balaban J connectivity index is 1.93. The van der Waals surface area contributed by atoms with Gasteiger partial charge in [0.1, 0.15) is 0 Å². The molecule has 1 heterocycles. The molecular formula is C13H22BrNO2. The van der Waals surface area contributed by atoms with E-state index in [1.807, 2.05) is 4.90 Å². The van der Waals surface area contributed by atoms with Crippen LogP contribution in [0.2, 0.25) is 0 Å². The van der Waals surface area contributed by atoms with Crippen LogP contribution >= 0.6 is 15.9 Å². The monoisotopic (exact) mass is 303 g/mol. The van der Waals surface area contributed by atoms with Gasteiger partial charge in [-0.2, -0.15) is 0 Å². The molecule has 2 aliphatic rings. The highest BCUT2D eigenvalue weighted by atomic mass is 79.9. The number of likely N-dealkylation sites (tertiary alicyclic amines) is 1. The maximum Gasteiger partial charge on any atom is 0.236 e. The quantitative estimate of drug-likeness (QED) is 0.795. The Morgan fingerprint density at radius 2 is 2.06 bits per heavy atom. The van der Waals surface area contributed by atoms with E-state index in [0.29, 0.717) is 6.54 Å². The summed E-state index contributed by atoms with van der Waals surface area (Å²) in [5.74, 6) is 0.875. The fraction of sp³-hybridized carbons (Fsp3) is 0.923. The molecule has 2 rings (SSSR count). The third-order valence-electron chi connectivity index (χ3n) is 4.16. The molecule has 0 aromatic rings. The van der Waals surface area contributed by atoms with Crippen LogP contribution in [0.1, 0.15) is 45.4 Å². The lowest BCUT2D eigenvalue weighted by molar-refractivity contribution is -0.137. The molecule has 1 amide bonds. The zero-order valence-electron chi connectivity index (χ0n) is 10.5. The van der Waals surface area contributed by atoms with E-state index in [4.69, 9.17) is 0 Å². The first kappa shape index (κ1) is 13.3. The minimum atomic E-state index is -0.633. The first-order chi connectivity index (χ1) is 8.00. The van der Waals surface area contributed by atoms with Gasteiger partial charge in [0.05, 0.1) is 10.4 Å². The molecule has 1 aliphatic heterocycles. The Hall–Kier alpha value is -0.0900. The lowest BCUT2D eigenvalue weighted by Crippen LogP contribution is -2.51. The molecule has 1 saturated carbocycles. The molecule has 0 aromatic carbocycles. The van der Waals surface area contributed by atoms with E-state index in [1.54, 1.807) is 0 Å². The van der Waals surface area contributed by atoms with E-state index in [2.05, 4.69) is 22.9 Å². The van der Waals surface area contributed by atoms with Crippen LogP contribution in [0, 0.1) is 5.92 Å². The number of β-amino-alcohol motifs (C(OH)–C–C–N with tert-alkyl or cyclic N) is 1. The van der Waals surface area contributed by atoms with Crippen molar-refractivity contribution in [2.75, 3.05) is 13.1 Å². The summed E-state index contributed by atoms with van der Waals surface area (Å²) in [5.41, 5.74) is -0.633. The lowest BCUT2D eigenvalue weighted by atomic mass is 9.79. The number of hydrogen-bond donors (Lipinski definition) is 1. The van der Waals surface area contributed by atoms with Gasteiger partial charge in [-0.3, -0.25) is 4.79 Å². The molecule has 3 nitrogen and oxygen atoms in total. The number of aliphatic hydroxyl groups is 1. The summed E-state index contributed by atoms with van der Waals surface area (Å²) in [7, 11) is 0. The van der Waals surface area contributed by atoms with Crippen molar-refractivity contribution < 1.29 is 9.90 Å². The summed E-state index contributed by atoms with van der Waals surface area (Å²) in [4.78, 5) is 13.8. The average Bonchev–Trinajstić information content (AvgIpc) is 2.30. The first-order valence-corrected chi connectivity index (χ1v) is 7.57. The van der Waals surface area contributed by atoms with Crippen molar-refractivity contribution in [2.24, 2.45) is 5.92 Å². The Morgan fingerprint density at radius 3 is 2.71 bits per heavy atom. The van der Waals surface area contributed by atoms with Gasteiger partial charge in [-0.05, 0) is 44.4 Å². The molecule has 1 atom stereocenters. The van der Waals surface area contributed by atoms with Gasteiger partial charge in [0.25, 0.3) is 0 Å². The maximum absolute atomic E-state index is 12.0. The second kappa shape index (κ2) is 5.27. The van der Waals surface area contributed by atoms with Crippen LogP contribution < -0.4 is 0 Å². The predicted octanol–water partition coefficient (Wildman–Crippen LogP) is 2.31. The molecular weight excluding hydrogens is 282 g/mol. The van der Waals surface area contributed by atoms with E-state index in [9.17, 15) is 9.90 Å². The van der Waals surface area contributed by atoms with Crippen molar-refractivity contribution in [3.8, 4) is 0 Å². The number of amides is 1. The molecule has 4 heteroatoms. The third-order valence-corrected chi connectivity index (χ3v) is 5.00. The minimum Gasteiger partial charge on any atom is -0.388 e. The van der Waals surface area contributed by atoms with Crippen molar-refractivity contribution in [3.63, 3.8) is 0 Å². The molecule has 1 N–H and O–H groups in total. The molecule has 0 spiro atoms. The number of hydrogen-bond acceptors (Lipinski definition) is 2. The average molecular weight is 304 g/mol. The van der Waals surface area contributed by atoms with Crippen LogP contribution in [0.15, 0.2) is 0 Å². The maximum atomic E-state index is 12.0. The molecule has 17 heavy (non-hydrogen) atoms. The molecule has 1 aliphatic carbocycles. The molecule has 0 aromatic heterocycles. The van der Waals surface area contributed by atoms with Crippen LogP contribution in [-0.4, -0.2) is 39.4 Å². The van der Waals surface area contributed by atoms with Gasteiger partial charge in [0.2, 0.25) is 5.91 Å². The van der Waals surface area contributed by atoms with Crippen molar-refractivity contribution >= 4 is 21.8 Å². The summed E-state index contributed by atoms with van der Waals surface area (Å²) in [6.07, 6.45) is 5.79. The van der Waals surface area contributed by atoms with Crippen LogP contribution in [0.3, 0.4) is 0 Å². The zero-order valence-corrected chi connectivity index (χ0v) is 12.1. The van der Waals surface area contributed by atoms with Crippen LogP contribution in [0.5, 0.6) is 0 Å². The Kier molecular flexibility index (Phi) is 4.14. The Bertz CT molecular complexity index is 287. The third kappa shape index (κ3) is 3.22. The lowest BCUT2D eigenvalue weighted by Gasteiger charge is -2.40. The molecule has 98 valence electrons. The fourth-order valence-electron chi connectivity index (χ4n) is 2.86. The smallest absolute Gasteiger partial charge is 0.236 e. The largest absolute Gasteiger partial charge is 0.388 e. The topological polar surface area (TPSA) is 40.5 Å². The van der Waals surface area contributed by atoms with Gasteiger partial charge in [-0.15, -0.1) is 0 Å². The molecule has 2 fully saturated rings. The van der Waals surface area contributed by atoms with Gasteiger partial charge in [0.15, 0.2) is 0 Å². The SMILES string of the molecule is CC1CCC(O)(CN2CCCC(Br)C2=O)CC1. The normalized spacial score (nSPS) is 39.5. The number of rotatable bonds is 2. The second-order valence-electron chi connectivity index (χ2n) is 5.78. The molecule has 0 bridgehead atoms. The second-order valence-corrected chi connectivity index (χ2v) is 6.88. The minimum absolute atomic E-state index is 0.0395. The van der Waals surface area contributed by atoms with Gasteiger partial charge in [-0.25, -0.2) is 0 Å². The highest BCUT2D eigenvalue weighted by molar-refractivity contribution is 9.10. The number of carbonyl (C=O) groups excluding carboxylic acids is 1. The molecule has 1 unspecified atom stereocenters. The zero-order chi connectivity index (χ0) is 12.5. The van der Waals surface area contributed by atoms with Gasteiger partial charge >= 0.3 is 0 Å². The van der Waals surface area contributed by atoms with Crippen LogP contribution in [0.4, 0.5) is 0 Å². The number of carbonyl (C=O) groups is 1. The summed E-state index contributed by atoms with van der Waals surface area (Å²) < 4.78 is 0. The van der Waals surface area contributed by atoms with Crippen molar-refractivity contribution in [1.29, 1.82) is 0 Å². The summed E-state index contributed by atoms with van der Waals surface area (Å²) >= 11 is 3.41. The highest BCUT2D eigenvalue weighted by Gasteiger charge is 2.37.